The number of aryl methyl sites for hydroxylation is 1. The van der Waals surface area contributed by atoms with Crippen LogP contribution in [-0.2, 0) is 0 Å². The number of carbonyl (C=O) groups is 1. The summed E-state index contributed by atoms with van der Waals surface area (Å²) in [7, 11) is 0. The normalized spacial score (nSPS) is 15.7. The molecule has 3 nitrogen and oxygen atoms in total. The van der Waals surface area contributed by atoms with Crippen LogP contribution >= 0.6 is 11.3 Å². The van der Waals surface area contributed by atoms with Gasteiger partial charge in [0.1, 0.15) is 0 Å². The Kier molecular flexibility index (Phi) is 5.69. The van der Waals surface area contributed by atoms with Crippen LogP contribution < -0.4 is 4.90 Å². The quantitative estimate of drug-likeness (QED) is 0.737. The molecule has 0 bridgehead atoms. The smallest absolute Gasteiger partial charge is 0.172 e. The van der Waals surface area contributed by atoms with Crippen molar-refractivity contribution in [3.05, 3.63) is 51.7 Å². The number of nitrogens with zero attached hydrogens (tertiary/aromatic N) is 2. The molecule has 1 aromatic carbocycles. The standard InChI is InChI=1S/C20H26N2OS/c1-16-6-3-7-18(17(16)2)22-13-11-21(12-14-22)10-4-8-19(23)20-9-5-15-24-20/h3,5-7,9,15H,4,8,10-14H2,1-2H3. The SMILES string of the molecule is Cc1cccc(N2CCN(CCCC(=O)c3cccs3)CC2)c1C. The van der Waals surface area contributed by atoms with Gasteiger partial charge in [-0.2, -0.15) is 0 Å². The fraction of sp³-hybridized carbons (Fsp3) is 0.450. The zero-order chi connectivity index (χ0) is 16.9. The Hall–Kier alpha value is -1.65. The Morgan fingerprint density at radius 1 is 1.08 bits per heavy atom. The zero-order valence-corrected chi connectivity index (χ0v) is 15.4. The number of rotatable bonds is 6. The van der Waals surface area contributed by atoms with Gasteiger partial charge in [-0.15, -0.1) is 11.3 Å². The van der Waals surface area contributed by atoms with Gasteiger partial charge in [0.15, 0.2) is 5.78 Å². The summed E-state index contributed by atoms with van der Waals surface area (Å²) in [4.78, 5) is 17.9. The first-order valence-electron chi connectivity index (χ1n) is 8.75. The average molecular weight is 343 g/mol. The highest BCUT2D eigenvalue weighted by atomic mass is 32.1. The Balaban J connectivity index is 1.44. The van der Waals surface area contributed by atoms with Crippen LogP contribution in [0.3, 0.4) is 0 Å². The van der Waals surface area contributed by atoms with Crippen molar-refractivity contribution in [2.24, 2.45) is 0 Å². The van der Waals surface area contributed by atoms with E-state index in [2.05, 4.69) is 41.8 Å². The summed E-state index contributed by atoms with van der Waals surface area (Å²) in [5.41, 5.74) is 4.14. The van der Waals surface area contributed by atoms with E-state index in [1.54, 1.807) is 11.3 Å². The van der Waals surface area contributed by atoms with E-state index in [0.717, 1.165) is 44.0 Å². The van der Waals surface area contributed by atoms with E-state index in [1.165, 1.54) is 16.8 Å². The summed E-state index contributed by atoms with van der Waals surface area (Å²) in [6.07, 6.45) is 1.62. The van der Waals surface area contributed by atoms with E-state index in [4.69, 9.17) is 0 Å². The summed E-state index contributed by atoms with van der Waals surface area (Å²) in [6.45, 7) is 9.73. The van der Waals surface area contributed by atoms with Crippen LogP contribution in [0.25, 0.3) is 0 Å². The minimum Gasteiger partial charge on any atom is -0.369 e. The largest absolute Gasteiger partial charge is 0.369 e. The van der Waals surface area contributed by atoms with E-state index < -0.39 is 0 Å². The fourth-order valence-corrected chi connectivity index (χ4v) is 4.01. The molecule has 0 atom stereocenters. The molecule has 2 heterocycles. The van der Waals surface area contributed by atoms with Gasteiger partial charge in [0.05, 0.1) is 4.88 Å². The van der Waals surface area contributed by atoms with E-state index in [-0.39, 0.29) is 0 Å². The molecule has 0 saturated carbocycles. The number of hydrogen-bond donors (Lipinski definition) is 0. The maximum Gasteiger partial charge on any atom is 0.172 e. The van der Waals surface area contributed by atoms with Crippen molar-refractivity contribution in [2.45, 2.75) is 26.7 Å². The number of ketones is 1. The lowest BCUT2D eigenvalue weighted by atomic mass is 10.1. The molecule has 0 radical (unpaired) electrons. The van der Waals surface area contributed by atoms with Crippen molar-refractivity contribution < 1.29 is 4.79 Å². The maximum atomic E-state index is 12.0. The Morgan fingerprint density at radius 3 is 2.58 bits per heavy atom. The summed E-state index contributed by atoms with van der Waals surface area (Å²) in [5.74, 6) is 0.291. The number of carbonyl (C=O) groups excluding carboxylic acids is 1. The first-order chi connectivity index (χ1) is 11.6. The summed E-state index contributed by atoms with van der Waals surface area (Å²) >= 11 is 1.55. The van der Waals surface area contributed by atoms with Crippen molar-refractivity contribution in [3.63, 3.8) is 0 Å². The third kappa shape index (κ3) is 4.05. The van der Waals surface area contributed by atoms with E-state index in [9.17, 15) is 4.79 Å². The van der Waals surface area contributed by atoms with Gasteiger partial charge in [-0.05, 0) is 55.5 Å². The molecule has 1 aromatic heterocycles. The van der Waals surface area contributed by atoms with Crippen LogP contribution in [-0.4, -0.2) is 43.4 Å². The second-order valence-electron chi connectivity index (χ2n) is 6.55. The molecule has 1 saturated heterocycles. The minimum atomic E-state index is 0.291. The third-order valence-electron chi connectivity index (χ3n) is 4.96. The Labute approximate surface area is 148 Å². The third-order valence-corrected chi connectivity index (χ3v) is 5.87. The molecule has 4 heteroatoms. The highest BCUT2D eigenvalue weighted by Gasteiger charge is 2.18. The molecule has 24 heavy (non-hydrogen) atoms. The predicted molar refractivity (Wildman–Crippen MR) is 102 cm³/mol. The average Bonchev–Trinajstić information content (AvgIpc) is 3.13. The van der Waals surface area contributed by atoms with Crippen LogP contribution in [0.5, 0.6) is 0 Å². The molecule has 3 rings (SSSR count). The Morgan fingerprint density at radius 2 is 1.88 bits per heavy atom. The molecule has 0 aliphatic carbocycles. The highest BCUT2D eigenvalue weighted by molar-refractivity contribution is 7.12. The van der Waals surface area contributed by atoms with Gasteiger partial charge >= 0.3 is 0 Å². The molecule has 0 spiro atoms. The lowest BCUT2D eigenvalue weighted by Gasteiger charge is -2.37. The molecular weight excluding hydrogens is 316 g/mol. The molecular formula is C20H26N2OS. The summed E-state index contributed by atoms with van der Waals surface area (Å²) in [6, 6.07) is 10.4. The van der Waals surface area contributed by atoms with Crippen molar-refractivity contribution in [2.75, 3.05) is 37.6 Å². The topological polar surface area (TPSA) is 23.6 Å². The van der Waals surface area contributed by atoms with Crippen molar-refractivity contribution in [1.29, 1.82) is 0 Å². The van der Waals surface area contributed by atoms with Crippen LogP contribution in [0.15, 0.2) is 35.7 Å². The maximum absolute atomic E-state index is 12.0. The molecule has 0 unspecified atom stereocenters. The number of thiophene rings is 1. The molecule has 1 fully saturated rings. The number of Topliss-reactive ketones (excluding diaryl/α,β-unsaturated/α-hetero) is 1. The van der Waals surface area contributed by atoms with Gasteiger partial charge in [0.25, 0.3) is 0 Å². The van der Waals surface area contributed by atoms with Gasteiger partial charge in [0.2, 0.25) is 0 Å². The number of benzene rings is 1. The Bertz CT molecular complexity index is 673. The first kappa shape index (κ1) is 17.2. The molecule has 2 aromatic rings. The van der Waals surface area contributed by atoms with Crippen LogP contribution in [0, 0.1) is 13.8 Å². The molecule has 0 N–H and O–H groups in total. The molecule has 0 amide bonds. The predicted octanol–water partition coefficient (Wildman–Crippen LogP) is 4.15. The lowest BCUT2D eigenvalue weighted by Crippen LogP contribution is -2.46. The first-order valence-corrected chi connectivity index (χ1v) is 9.63. The number of hydrogen-bond acceptors (Lipinski definition) is 4. The van der Waals surface area contributed by atoms with Crippen molar-refractivity contribution >= 4 is 22.8 Å². The van der Waals surface area contributed by atoms with Gasteiger partial charge in [-0.1, -0.05) is 18.2 Å². The van der Waals surface area contributed by atoms with E-state index in [1.807, 2.05) is 17.5 Å². The fourth-order valence-electron chi connectivity index (χ4n) is 3.31. The van der Waals surface area contributed by atoms with Gasteiger partial charge < -0.3 is 4.90 Å². The second-order valence-corrected chi connectivity index (χ2v) is 7.50. The van der Waals surface area contributed by atoms with E-state index >= 15 is 0 Å². The van der Waals surface area contributed by atoms with Gasteiger partial charge in [-0.3, -0.25) is 9.69 Å². The van der Waals surface area contributed by atoms with Crippen molar-refractivity contribution in [1.82, 2.24) is 4.90 Å². The van der Waals surface area contributed by atoms with Gasteiger partial charge in [-0.25, -0.2) is 0 Å². The van der Waals surface area contributed by atoms with Crippen molar-refractivity contribution in [3.8, 4) is 0 Å². The monoisotopic (exact) mass is 342 g/mol. The van der Waals surface area contributed by atoms with Gasteiger partial charge in [0, 0.05) is 38.3 Å². The zero-order valence-electron chi connectivity index (χ0n) is 14.6. The van der Waals surface area contributed by atoms with E-state index in [0.29, 0.717) is 12.2 Å². The highest BCUT2D eigenvalue weighted by Crippen LogP contribution is 2.24. The second kappa shape index (κ2) is 7.95. The number of anilines is 1. The van der Waals surface area contributed by atoms with Crippen LogP contribution in [0.1, 0.15) is 33.6 Å². The van der Waals surface area contributed by atoms with Crippen LogP contribution in [0.2, 0.25) is 0 Å². The number of piperazine rings is 1. The lowest BCUT2D eigenvalue weighted by molar-refractivity contribution is 0.0978. The summed E-state index contributed by atoms with van der Waals surface area (Å²) in [5, 5.41) is 1.97. The molecule has 128 valence electrons. The molecule has 1 aliphatic rings. The minimum absolute atomic E-state index is 0.291. The van der Waals surface area contributed by atoms with Crippen LogP contribution in [0.4, 0.5) is 5.69 Å². The molecule has 1 aliphatic heterocycles. The summed E-state index contributed by atoms with van der Waals surface area (Å²) < 4.78 is 0.